The summed E-state index contributed by atoms with van der Waals surface area (Å²) >= 11 is 10.2. The topological polar surface area (TPSA) is 29.5 Å². The molecular weight excluding hydrogens is 380 g/mol. The summed E-state index contributed by atoms with van der Waals surface area (Å²) in [5.41, 5.74) is 0. The lowest BCUT2D eigenvalue weighted by atomic mass is 10.3. The summed E-state index contributed by atoms with van der Waals surface area (Å²) in [7, 11) is 0. The second-order valence-electron chi connectivity index (χ2n) is 2.62. The van der Waals surface area contributed by atoms with Crippen LogP contribution in [0.25, 0.3) is 0 Å². The summed E-state index contributed by atoms with van der Waals surface area (Å²) in [5.74, 6) is 0.765. The predicted molar refractivity (Wildman–Crippen MR) is 66.7 cm³/mol. The first kappa shape index (κ1) is 12.5. The maximum absolute atomic E-state index is 8.62. The normalized spacial score (nSPS) is 10.3. The molecule has 0 radical (unpaired) electrons. The van der Waals surface area contributed by atoms with Crippen molar-refractivity contribution in [2.45, 2.75) is 6.42 Å². The second-order valence-corrected chi connectivity index (χ2v) is 5.25. The Hall–Kier alpha value is 0.420. The van der Waals surface area contributed by atoms with Crippen LogP contribution in [-0.4, -0.2) is 18.3 Å². The van der Waals surface area contributed by atoms with E-state index in [2.05, 4.69) is 47.8 Å². The van der Waals surface area contributed by atoms with Crippen molar-refractivity contribution in [3.63, 3.8) is 0 Å². The molecule has 78 valence electrons. The van der Waals surface area contributed by atoms with Gasteiger partial charge in [0.15, 0.2) is 0 Å². The molecule has 0 aliphatic heterocycles. The highest BCUT2D eigenvalue weighted by Crippen LogP contribution is 2.36. The van der Waals surface area contributed by atoms with Crippen LogP contribution in [-0.2, 0) is 0 Å². The number of aliphatic hydroxyl groups excluding tert-OH is 1. The highest BCUT2D eigenvalue weighted by molar-refractivity contribution is 9.11. The van der Waals surface area contributed by atoms with E-state index < -0.39 is 0 Å². The molecule has 0 aliphatic rings. The highest BCUT2D eigenvalue weighted by atomic mass is 79.9. The lowest BCUT2D eigenvalue weighted by Gasteiger charge is -2.09. The smallest absolute Gasteiger partial charge is 0.147 e. The van der Waals surface area contributed by atoms with Crippen molar-refractivity contribution in [3.05, 3.63) is 25.6 Å². The summed E-state index contributed by atoms with van der Waals surface area (Å²) in [5, 5.41) is 8.62. The first-order chi connectivity index (χ1) is 6.65. The molecule has 0 aliphatic carbocycles. The van der Waals surface area contributed by atoms with Gasteiger partial charge in [0.25, 0.3) is 0 Å². The molecule has 0 amide bonds. The molecule has 2 nitrogen and oxygen atoms in total. The SMILES string of the molecule is OCCCOc1c(Br)cc(Br)cc1Br. The molecule has 0 aromatic heterocycles. The fourth-order valence-corrected chi connectivity index (χ4v) is 3.39. The lowest BCUT2D eigenvalue weighted by Crippen LogP contribution is -2.00. The molecule has 0 heterocycles. The third kappa shape index (κ3) is 3.53. The van der Waals surface area contributed by atoms with E-state index in [1.54, 1.807) is 0 Å². The van der Waals surface area contributed by atoms with Crippen LogP contribution < -0.4 is 4.74 Å². The Morgan fingerprint density at radius 3 is 2.21 bits per heavy atom. The summed E-state index contributed by atoms with van der Waals surface area (Å²) in [6.45, 7) is 0.654. The average Bonchev–Trinajstić information content (AvgIpc) is 2.09. The van der Waals surface area contributed by atoms with Gasteiger partial charge in [0.1, 0.15) is 5.75 Å². The molecule has 1 rings (SSSR count). The zero-order valence-electron chi connectivity index (χ0n) is 7.27. The lowest BCUT2D eigenvalue weighted by molar-refractivity contribution is 0.232. The van der Waals surface area contributed by atoms with E-state index in [4.69, 9.17) is 9.84 Å². The molecule has 14 heavy (non-hydrogen) atoms. The van der Waals surface area contributed by atoms with Gasteiger partial charge < -0.3 is 9.84 Å². The molecule has 0 fully saturated rings. The zero-order chi connectivity index (χ0) is 10.6. The monoisotopic (exact) mass is 386 g/mol. The number of hydrogen-bond donors (Lipinski definition) is 1. The Kier molecular flexibility index (Phi) is 5.44. The minimum atomic E-state index is 0.145. The number of rotatable bonds is 4. The molecule has 0 unspecified atom stereocenters. The van der Waals surface area contributed by atoms with E-state index >= 15 is 0 Å². The van der Waals surface area contributed by atoms with Crippen molar-refractivity contribution < 1.29 is 9.84 Å². The summed E-state index contributed by atoms with van der Waals surface area (Å²) in [6, 6.07) is 3.83. The van der Waals surface area contributed by atoms with Crippen molar-refractivity contribution in [1.82, 2.24) is 0 Å². The second kappa shape index (κ2) is 6.10. The van der Waals surface area contributed by atoms with Gasteiger partial charge in [-0.1, -0.05) is 15.9 Å². The third-order valence-corrected chi connectivity index (χ3v) is 3.15. The largest absolute Gasteiger partial charge is 0.491 e. The van der Waals surface area contributed by atoms with E-state index in [0.717, 1.165) is 19.2 Å². The van der Waals surface area contributed by atoms with Gasteiger partial charge in [-0.05, 0) is 44.0 Å². The van der Waals surface area contributed by atoms with Gasteiger partial charge in [0, 0.05) is 17.5 Å². The maximum atomic E-state index is 8.62. The fraction of sp³-hybridized carbons (Fsp3) is 0.333. The van der Waals surface area contributed by atoms with Gasteiger partial charge in [-0.2, -0.15) is 0 Å². The zero-order valence-corrected chi connectivity index (χ0v) is 12.0. The molecule has 0 saturated heterocycles. The molecule has 5 heteroatoms. The molecule has 1 aromatic rings. The van der Waals surface area contributed by atoms with Crippen LogP contribution in [0, 0.1) is 0 Å². The molecule has 0 spiro atoms. The summed E-state index contributed by atoms with van der Waals surface area (Å²) in [4.78, 5) is 0. The van der Waals surface area contributed by atoms with Crippen molar-refractivity contribution in [1.29, 1.82) is 0 Å². The first-order valence-corrected chi connectivity index (χ1v) is 6.41. The standard InChI is InChI=1S/C9H9Br3O2/c10-6-4-7(11)9(8(12)5-6)14-3-1-2-13/h4-5,13H,1-3H2. The number of halogens is 3. The number of aliphatic hydroxyl groups is 1. The third-order valence-electron chi connectivity index (χ3n) is 1.51. The fourth-order valence-electron chi connectivity index (χ4n) is 0.906. The average molecular weight is 389 g/mol. The first-order valence-electron chi connectivity index (χ1n) is 4.03. The van der Waals surface area contributed by atoms with Crippen LogP contribution in [0.4, 0.5) is 0 Å². The molecule has 0 bridgehead atoms. The van der Waals surface area contributed by atoms with Crippen molar-refractivity contribution in [2.75, 3.05) is 13.2 Å². The molecule has 0 atom stereocenters. The van der Waals surface area contributed by atoms with Crippen LogP contribution in [0.2, 0.25) is 0 Å². The van der Waals surface area contributed by atoms with Gasteiger partial charge in [-0.25, -0.2) is 0 Å². The van der Waals surface area contributed by atoms with Crippen LogP contribution in [0.5, 0.6) is 5.75 Å². The van der Waals surface area contributed by atoms with E-state index in [-0.39, 0.29) is 6.61 Å². The predicted octanol–water partition coefficient (Wildman–Crippen LogP) is 3.74. The van der Waals surface area contributed by atoms with Crippen molar-refractivity contribution in [2.24, 2.45) is 0 Å². The highest BCUT2D eigenvalue weighted by Gasteiger charge is 2.07. The molecule has 0 saturated carbocycles. The molecular formula is C9H9Br3O2. The van der Waals surface area contributed by atoms with E-state index in [1.165, 1.54) is 0 Å². The van der Waals surface area contributed by atoms with Crippen LogP contribution in [0.3, 0.4) is 0 Å². The molecule has 1 N–H and O–H groups in total. The Morgan fingerprint density at radius 1 is 1.14 bits per heavy atom. The van der Waals surface area contributed by atoms with Crippen molar-refractivity contribution in [3.8, 4) is 5.75 Å². The van der Waals surface area contributed by atoms with Gasteiger partial charge in [-0.15, -0.1) is 0 Å². The Bertz CT molecular complexity index is 292. The van der Waals surface area contributed by atoms with Gasteiger partial charge in [-0.3, -0.25) is 0 Å². The van der Waals surface area contributed by atoms with Crippen LogP contribution >= 0.6 is 47.8 Å². The van der Waals surface area contributed by atoms with Gasteiger partial charge in [0.2, 0.25) is 0 Å². The Balaban J connectivity index is 2.75. The number of ether oxygens (including phenoxy) is 1. The minimum Gasteiger partial charge on any atom is -0.491 e. The van der Waals surface area contributed by atoms with Gasteiger partial charge in [0.05, 0.1) is 15.6 Å². The van der Waals surface area contributed by atoms with Gasteiger partial charge >= 0.3 is 0 Å². The van der Waals surface area contributed by atoms with Crippen LogP contribution in [0.15, 0.2) is 25.6 Å². The van der Waals surface area contributed by atoms with E-state index in [9.17, 15) is 0 Å². The quantitative estimate of drug-likeness (QED) is 0.796. The minimum absolute atomic E-state index is 0.145. The maximum Gasteiger partial charge on any atom is 0.147 e. The van der Waals surface area contributed by atoms with E-state index in [0.29, 0.717) is 13.0 Å². The van der Waals surface area contributed by atoms with Crippen LogP contribution in [0.1, 0.15) is 6.42 Å². The summed E-state index contributed by atoms with van der Waals surface area (Å²) < 4.78 is 8.24. The molecule has 1 aromatic carbocycles. The van der Waals surface area contributed by atoms with Crippen molar-refractivity contribution >= 4 is 47.8 Å². The Morgan fingerprint density at radius 2 is 1.71 bits per heavy atom. The summed E-state index contributed by atoms with van der Waals surface area (Å²) in [6.07, 6.45) is 0.634. The number of benzene rings is 1. The Labute approximate surface area is 108 Å². The number of hydrogen-bond acceptors (Lipinski definition) is 2. The van der Waals surface area contributed by atoms with E-state index in [1.807, 2.05) is 12.1 Å².